The molecule has 106 valence electrons. The molecule has 0 aliphatic carbocycles. The van der Waals surface area contributed by atoms with Gasteiger partial charge in [0.25, 0.3) is 0 Å². The average molecular weight is 335 g/mol. The SMILES string of the molecule is CN1CC(CN)CC1c1cc2cc(Br)ccc2cc1O. The van der Waals surface area contributed by atoms with Crippen LogP contribution < -0.4 is 5.73 Å². The fourth-order valence-corrected chi connectivity index (χ4v) is 3.56. The van der Waals surface area contributed by atoms with Gasteiger partial charge >= 0.3 is 0 Å². The molecule has 2 aromatic rings. The minimum Gasteiger partial charge on any atom is -0.508 e. The van der Waals surface area contributed by atoms with E-state index >= 15 is 0 Å². The first kappa shape index (κ1) is 13.9. The Bertz CT molecular complexity index is 644. The molecule has 20 heavy (non-hydrogen) atoms. The van der Waals surface area contributed by atoms with Crippen LogP contribution in [0.1, 0.15) is 18.0 Å². The van der Waals surface area contributed by atoms with Crippen molar-refractivity contribution in [3.63, 3.8) is 0 Å². The maximum atomic E-state index is 10.3. The summed E-state index contributed by atoms with van der Waals surface area (Å²) in [4.78, 5) is 2.29. The number of phenolic OH excluding ortho intramolecular Hbond substituents is 1. The summed E-state index contributed by atoms with van der Waals surface area (Å²) in [7, 11) is 2.10. The lowest BCUT2D eigenvalue weighted by atomic mass is 9.96. The van der Waals surface area contributed by atoms with E-state index in [2.05, 4.69) is 40.0 Å². The van der Waals surface area contributed by atoms with E-state index in [9.17, 15) is 5.11 Å². The summed E-state index contributed by atoms with van der Waals surface area (Å²) in [5, 5.41) is 12.6. The van der Waals surface area contributed by atoms with Crippen LogP contribution in [0.25, 0.3) is 10.8 Å². The summed E-state index contributed by atoms with van der Waals surface area (Å²) >= 11 is 3.50. The molecule has 0 saturated carbocycles. The predicted octanol–water partition coefficient (Wildman–Crippen LogP) is 3.26. The number of phenols is 1. The second-order valence-corrected chi connectivity index (χ2v) is 6.61. The number of hydrogen-bond donors (Lipinski definition) is 2. The quantitative estimate of drug-likeness (QED) is 0.886. The van der Waals surface area contributed by atoms with Gasteiger partial charge in [0.05, 0.1) is 0 Å². The van der Waals surface area contributed by atoms with Crippen LogP contribution in [0.2, 0.25) is 0 Å². The molecule has 1 aliphatic heterocycles. The third-order valence-electron chi connectivity index (χ3n) is 4.27. The van der Waals surface area contributed by atoms with E-state index in [1.54, 1.807) is 0 Å². The van der Waals surface area contributed by atoms with Gasteiger partial charge in [0.2, 0.25) is 0 Å². The van der Waals surface area contributed by atoms with Gasteiger partial charge in [-0.1, -0.05) is 22.0 Å². The number of fused-ring (bicyclic) bond motifs is 1. The molecule has 3 rings (SSSR count). The lowest BCUT2D eigenvalue weighted by molar-refractivity contribution is 0.306. The summed E-state index contributed by atoms with van der Waals surface area (Å²) in [6, 6.07) is 10.3. The van der Waals surface area contributed by atoms with Gasteiger partial charge in [0, 0.05) is 22.6 Å². The summed E-state index contributed by atoms with van der Waals surface area (Å²) in [6.45, 7) is 1.71. The predicted molar refractivity (Wildman–Crippen MR) is 85.8 cm³/mol. The van der Waals surface area contributed by atoms with Crippen LogP contribution in [0.4, 0.5) is 0 Å². The lowest BCUT2D eigenvalue weighted by Gasteiger charge is -2.21. The van der Waals surface area contributed by atoms with Crippen LogP contribution in [0.15, 0.2) is 34.8 Å². The van der Waals surface area contributed by atoms with E-state index in [4.69, 9.17) is 5.73 Å². The Hall–Kier alpha value is -1.10. The molecule has 1 aliphatic rings. The van der Waals surface area contributed by atoms with Crippen LogP contribution >= 0.6 is 15.9 Å². The second kappa shape index (κ2) is 5.35. The number of benzene rings is 2. The first-order valence-electron chi connectivity index (χ1n) is 6.91. The fourth-order valence-electron chi connectivity index (χ4n) is 3.18. The van der Waals surface area contributed by atoms with Gasteiger partial charge < -0.3 is 10.8 Å². The first-order valence-corrected chi connectivity index (χ1v) is 7.70. The number of aromatic hydroxyl groups is 1. The maximum absolute atomic E-state index is 10.3. The van der Waals surface area contributed by atoms with E-state index < -0.39 is 0 Å². The van der Waals surface area contributed by atoms with Crippen molar-refractivity contribution < 1.29 is 5.11 Å². The highest BCUT2D eigenvalue weighted by Gasteiger charge is 2.31. The van der Waals surface area contributed by atoms with Crippen LogP contribution in [-0.2, 0) is 0 Å². The Morgan fingerprint density at radius 3 is 2.80 bits per heavy atom. The van der Waals surface area contributed by atoms with Crippen LogP contribution in [0.5, 0.6) is 5.75 Å². The lowest BCUT2D eigenvalue weighted by Crippen LogP contribution is -2.20. The number of nitrogens with two attached hydrogens (primary N) is 1. The Balaban J connectivity index is 2.05. The third kappa shape index (κ3) is 2.43. The highest BCUT2D eigenvalue weighted by atomic mass is 79.9. The molecular weight excluding hydrogens is 316 g/mol. The number of rotatable bonds is 2. The molecule has 0 aromatic heterocycles. The highest BCUT2D eigenvalue weighted by Crippen LogP contribution is 2.39. The Morgan fingerprint density at radius 1 is 1.30 bits per heavy atom. The standard InChI is InChI=1S/C16H19BrN2O/c1-19-9-10(8-18)4-15(19)14-6-12-5-13(17)3-2-11(12)7-16(14)20/h2-3,5-7,10,15,20H,4,8-9,18H2,1H3. The molecule has 2 unspecified atom stereocenters. The largest absolute Gasteiger partial charge is 0.508 e. The molecule has 1 heterocycles. The number of likely N-dealkylation sites (tertiary alicyclic amines) is 1. The van der Waals surface area contributed by atoms with Gasteiger partial charge in [-0.25, -0.2) is 0 Å². The Morgan fingerprint density at radius 2 is 2.10 bits per heavy atom. The van der Waals surface area contributed by atoms with Gasteiger partial charge in [-0.05, 0) is 61.0 Å². The van der Waals surface area contributed by atoms with E-state index in [1.807, 2.05) is 18.2 Å². The maximum Gasteiger partial charge on any atom is 0.120 e. The van der Waals surface area contributed by atoms with Gasteiger partial charge in [0.15, 0.2) is 0 Å². The van der Waals surface area contributed by atoms with Crippen LogP contribution in [0.3, 0.4) is 0 Å². The number of halogens is 1. The average Bonchev–Trinajstić information content (AvgIpc) is 2.79. The zero-order chi connectivity index (χ0) is 14.3. The summed E-state index contributed by atoms with van der Waals surface area (Å²) in [6.07, 6.45) is 1.01. The molecule has 2 aromatic carbocycles. The Kier molecular flexibility index (Phi) is 3.71. The van der Waals surface area contributed by atoms with Crippen molar-refractivity contribution in [3.05, 3.63) is 40.4 Å². The van der Waals surface area contributed by atoms with Crippen molar-refractivity contribution in [2.75, 3.05) is 20.1 Å². The molecule has 3 nitrogen and oxygen atoms in total. The normalized spacial score (nSPS) is 23.6. The molecule has 0 amide bonds. The molecule has 2 atom stereocenters. The summed E-state index contributed by atoms with van der Waals surface area (Å²) in [5.74, 6) is 0.900. The van der Waals surface area contributed by atoms with Crippen molar-refractivity contribution >= 4 is 26.7 Å². The second-order valence-electron chi connectivity index (χ2n) is 5.70. The van der Waals surface area contributed by atoms with Crippen molar-refractivity contribution in [1.29, 1.82) is 0 Å². The summed E-state index contributed by atoms with van der Waals surface area (Å²) in [5.41, 5.74) is 6.80. The minimum absolute atomic E-state index is 0.256. The molecule has 1 fully saturated rings. The van der Waals surface area contributed by atoms with Crippen molar-refractivity contribution in [2.24, 2.45) is 11.7 Å². The fraction of sp³-hybridized carbons (Fsp3) is 0.375. The number of hydrogen-bond acceptors (Lipinski definition) is 3. The van der Waals surface area contributed by atoms with Crippen molar-refractivity contribution in [1.82, 2.24) is 4.90 Å². The smallest absolute Gasteiger partial charge is 0.120 e. The van der Waals surface area contributed by atoms with Gasteiger partial charge in [-0.2, -0.15) is 0 Å². The molecule has 0 radical (unpaired) electrons. The van der Waals surface area contributed by atoms with Gasteiger partial charge in [0.1, 0.15) is 5.75 Å². The Labute approximate surface area is 127 Å². The van der Waals surface area contributed by atoms with Gasteiger partial charge in [-0.15, -0.1) is 0 Å². The zero-order valence-electron chi connectivity index (χ0n) is 11.5. The number of nitrogens with zero attached hydrogens (tertiary/aromatic N) is 1. The highest BCUT2D eigenvalue weighted by molar-refractivity contribution is 9.10. The topological polar surface area (TPSA) is 49.5 Å². The monoisotopic (exact) mass is 334 g/mol. The van der Waals surface area contributed by atoms with E-state index in [0.717, 1.165) is 33.8 Å². The molecule has 1 saturated heterocycles. The van der Waals surface area contributed by atoms with E-state index in [1.165, 1.54) is 0 Å². The van der Waals surface area contributed by atoms with Crippen LogP contribution in [-0.4, -0.2) is 30.1 Å². The molecule has 3 N–H and O–H groups in total. The molecule has 0 spiro atoms. The van der Waals surface area contributed by atoms with Crippen molar-refractivity contribution in [2.45, 2.75) is 12.5 Å². The van der Waals surface area contributed by atoms with Crippen LogP contribution in [0, 0.1) is 5.92 Å². The molecular formula is C16H19BrN2O. The third-order valence-corrected chi connectivity index (χ3v) is 4.77. The first-order chi connectivity index (χ1) is 9.58. The minimum atomic E-state index is 0.256. The van der Waals surface area contributed by atoms with E-state index in [-0.39, 0.29) is 6.04 Å². The van der Waals surface area contributed by atoms with Crippen molar-refractivity contribution in [3.8, 4) is 5.75 Å². The zero-order valence-corrected chi connectivity index (χ0v) is 13.1. The van der Waals surface area contributed by atoms with E-state index in [0.29, 0.717) is 18.2 Å². The molecule has 4 heteroatoms. The van der Waals surface area contributed by atoms with Gasteiger partial charge in [-0.3, -0.25) is 4.90 Å². The molecule has 0 bridgehead atoms. The summed E-state index contributed by atoms with van der Waals surface area (Å²) < 4.78 is 1.06.